The summed E-state index contributed by atoms with van der Waals surface area (Å²) in [5.74, 6) is 0.488. The predicted octanol–water partition coefficient (Wildman–Crippen LogP) is 2.78. The number of halogens is 1. The van der Waals surface area contributed by atoms with Crippen LogP contribution in [0.2, 0.25) is 0 Å². The maximum absolute atomic E-state index is 13.1. The molecule has 17 heavy (non-hydrogen) atoms. The zero-order valence-corrected chi connectivity index (χ0v) is 10.8. The van der Waals surface area contributed by atoms with Crippen molar-refractivity contribution in [3.63, 3.8) is 0 Å². The maximum Gasteiger partial charge on any atom is 0.287 e. The van der Waals surface area contributed by atoms with Gasteiger partial charge in [0.25, 0.3) is 5.56 Å². The van der Waals surface area contributed by atoms with E-state index in [1.165, 1.54) is 39.0 Å². The van der Waals surface area contributed by atoms with Gasteiger partial charge in [-0.3, -0.25) is 4.79 Å². The van der Waals surface area contributed by atoms with Gasteiger partial charge in [0, 0.05) is 5.25 Å². The van der Waals surface area contributed by atoms with Crippen LogP contribution < -0.4 is 5.56 Å². The third kappa shape index (κ3) is 3.31. The van der Waals surface area contributed by atoms with Crippen LogP contribution in [0.25, 0.3) is 0 Å². The molecule has 5 heteroatoms. The summed E-state index contributed by atoms with van der Waals surface area (Å²) in [6.07, 6.45) is 6.42. The highest BCUT2D eigenvalue weighted by molar-refractivity contribution is 7.99. The molecule has 0 saturated heterocycles. The van der Waals surface area contributed by atoms with E-state index in [9.17, 15) is 9.18 Å². The van der Waals surface area contributed by atoms with Crippen molar-refractivity contribution in [2.75, 3.05) is 0 Å². The van der Waals surface area contributed by atoms with Gasteiger partial charge >= 0.3 is 0 Å². The summed E-state index contributed by atoms with van der Waals surface area (Å²) in [5.41, 5.74) is -0.468. The molecule has 94 valence electrons. The Kier molecular flexibility index (Phi) is 4.20. The highest BCUT2D eigenvalue weighted by Gasteiger charge is 2.15. The van der Waals surface area contributed by atoms with Crippen LogP contribution in [0, 0.1) is 12.7 Å². The molecule has 1 aliphatic carbocycles. The van der Waals surface area contributed by atoms with Crippen LogP contribution in [0.15, 0.2) is 4.79 Å². The van der Waals surface area contributed by atoms with Crippen molar-refractivity contribution >= 4 is 11.8 Å². The lowest BCUT2D eigenvalue weighted by Gasteiger charge is -2.20. The Morgan fingerprint density at radius 2 is 2.12 bits per heavy atom. The Balaban J connectivity index is 1.96. The van der Waals surface area contributed by atoms with Gasteiger partial charge in [0.15, 0.2) is 0 Å². The van der Waals surface area contributed by atoms with Crippen molar-refractivity contribution in [1.29, 1.82) is 0 Å². The molecule has 0 atom stereocenters. The molecule has 0 unspecified atom stereocenters. The molecule has 0 radical (unpaired) electrons. The number of aromatic nitrogens is 2. The molecule has 1 heterocycles. The van der Waals surface area contributed by atoms with Gasteiger partial charge in [-0.15, -0.1) is 0 Å². The van der Waals surface area contributed by atoms with E-state index in [4.69, 9.17) is 0 Å². The van der Waals surface area contributed by atoms with E-state index >= 15 is 0 Å². The van der Waals surface area contributed by atoms with Gasteiger partial charge in [-0.25, -0.2) is 4.98 Å². The Morgan fingerprint density at radius 3 is 2.76 bits per heavy atom. The van der Waals surface area contributed by atoms with E-state index in [1.54, 1.807) is 0 Å². The van der Waals surface area contributed by atoms with Gasteiger partial charge in [-0.1, -0.05) is 19.3 Å². The third-order valence-corrected chi connectivity index (χ3v) is 4.47. The molecular weight excluding hydrogens is 239 g/mol. The van der Waals surface area contributed by atoms with Crippen molar-refractivity contribution in [3.05, 3.63) is 27.7 Å². The molecule has 1 saturated carbocycles. The number of H-pyrrole nitrogens is 1. The molecule has 0 aliphatic heterocycles. The van der Waals surface area contributed by atoms with Gasteiger partial charge in [0.2, 0.25) is 5.82 Å². The molecule has 1 aromatic rings. The smallest absolute Gasteiger partial charge is 0.287 e. The summed E-state index contributed by atoms with van der Waals surface area (Å²) in [5, 5.41) is 0.666. The summed E-state index contributed by atoms with van der Waals surface area (Å²) >= 11 is 1.82. The van der Waals surface area contributed by atoms with Crippen molar-refractivity contribution in [2.45, 2.75) is 50.0 Å². The lowest BCUT2D eigenvalue weighted by Crippen LogP contribution is -2.17. The Morgan fingerprint density at radius 1 is 1.41 bits per heavy atom. The summed E-state index contributed by atoms with van der Waals surface area (Å²) in [6, 6.07) is 0. The Hall–Kier alpha value is -0.840. The fourth-order valence-corrected chi connectivity index (χ4v) is 3.32. The molecular formula is C12H17FN2OS. The van der Waals surface area contributed by atoms with Crippen LogP contribution in [0.1, 0.15) is 43.6 Å². The Labute approximate surface area is 104 Å². The normalized spacial score (nSPS) is 17.3. The van der Waals surface area contributed by atoms with Gasteiger partial charge < -0.3 is 4.98 Å². The summed E-state index contributed by atoms with van der Waals surface area (Å²) in [6.45, 7) is 1.53. The van der Waals surface area contributed by atoms with Crippen LogP contribution in [-0.4, -0.2) is 15.2 Å². The largest absolute Gasteiger partial charge is 0.307 e. The molecule has 0 amide bonds. The monoisotopic (exact) mass is 256 g/mol. The fraction of sp³-hybridized carbons (Fsp3) is 0.667. The molecule has 1 aromatic heterocycles. The zero-order valence-electron chi connectivity index (χ0n) is 9.96. The molecule has 3 nitrogen and oxygen atoms in total. The van der Waals surface area contributed by atoms with Crippen LogP contribution in [-0.2, 0) is 5.75 Å². The lowest BCUT2D eigenvalue weighted by molar-refractivity contribution is 0.515. The standard InChI is InChI=1S/C12H17FN2OS/c1-8-11(13)12(16)15-10(14-8)7-17-9-5-3-2-4-6-9/h9H,2-7H2,1H3,(H,14,15,16). The quantitative estimate of drug-likeness (QED) is 0.904. The van der Waals surface area contributed by atoms with Crippen molar-refractivity contribution in [2.24, 2.45) is 0 Å². The first-order chi connectivity index (χ1) is 8.16. The van der Waals surface area contributed by atoms with Crippen LogP contribution >= 0.6 is 11.8 Å². The second kappa shape index (κ2) is 5.67. The number of hydrogen-bond donors (Lipinski definition) is 1. The van der Waals surface area contributed by atoms with Crippen LogP contribution in [0.3, 0.4) is 0 Å². The van der Waals surface area contributed by atoms with Crippen molar-refractivity contribution in [3.8, 4) is 0 Å². The van der Waals surface area contributed by atoms with Gasteiger partial charge in [0.1, 0.15) is 5.82 Å². The maximum atomic E-state index is 13.1. The van der Waals surface area contributed by atoms with Crippen LogP contribution in [0.4, 0.5) is 4.39 Å². The molecule has 0 bridgehead atoms. The minimum Gasteiger partial charge on any atom is -0.307 e. The first kappa shape index (κ1) is 12.6. The molecule has 1 fully saturated rings. The van der Waals surface area contributed by atoms with E-state index < -0.39 is 11.4 Å². The Bertz CT molecular complexity index is 441. The van der Waals surface area contributed by atoms with Gasteiger partial charge in [-0.05, 0) is 19.8 Å². The van der Waals surface area contributed by atoms with E-state index in [0.29, 0.717) is 16.8 Å². The number of nitrogens with zero attached hydrogens (tertiary/aromatic N) is 1. The highest BCUT2D eigenvalue weighted by Crippen LogP contribution is 2.29. The molecule has 1 N–H and O–H groups in total. The van der Waals surface area contributed by atoms with E-state index in [-0.39, 0.29) is 5.69 Å². The number of thioether (sulfide) groups is 1. The fourth-order valence-electron chi connectivity index (χ4n) is 2.13. The van der Waals surface area contributed by atoms with Crippen molar-refractivity contribution < 1.29 is 4.39 Å². The van der Waals surface area contributed by atoms with Crippen LogP contribution in [0.5, 0.6) is 0 Å². The first-order valence-electron chi connectivity index (χ1n) is 6.03. The van der Waals surface area contributed by atoms with E-state index in [0.717, 1.165) is 0 Å². The van der Waals surface area contributed by atoms with Crippen molar-refractivity contribution in [1.82, 2.24) is 9.97 Å². The zero-order chi connectivity index (χ0) is 12.3. The SMILES string of the molecule is Cc1nc(CSC2CCCCC2)[nH]c(=O)c1F. The number of aryl methyl sites for hydroxylation is 1. The highest BCUT2D eigenvalue weighted by atomic mass is 32.2. The lowest BCUT2D eigenvalue weighted by atomic mass is 10.0. The minimum atomic E-state index is -0.767. The van der Waals surface area contributed by atoms with E-state index in [1.807, 2.05) is 11.8 Å². The summed E-state index contributed by atoms with van der Waals surface area (Å²) < 4.78 is 13.1. The van der Waals surface area contributed by atoms with E-state index in [2.05, 4.69) is 9.97 Å². The molecule has 0 aromatic carbocycles. The number of rotatable bonds is 3. The topological polar surface area (TPSA) is 45.8 Å². The second-order valence-electron chi connectivity index (χ2n) is 4.48. The number of nitrogens with one attached hydrogen (secondary N) is 1. The first-order valence-corrected chi connectivity index (χ1v) is 7.08. The molecule has 0 spiro atoms. The van der Waals surface area contributed by atoms with Gasteiger partial charge in [-0.2, -0.15) is 16.2 Å². The average Bonchev–Trinajstić information content (AvgIpc) is 2.34. The predicted molar refractivity (Wildman–Crippen MR) is 67.7 cm³/mol. The van der Waals surface area contributed by atoms with Gasteiger partial charge in [0.05, 0.1) is 11.4 Å². The minimum absolute atomic E-state index is 0.188. The number of aromatic amines is 1. The number of hydrogen-bond acceptors (Lipinski definition) is 3. The third-order valence-electron chi connectivity index (χ3n) is 3.09. The summed E-state index contributed by atoms with van der Waals surface area (Å²) in [4.78, 5) is 17.8. The average molecular weight is 256 g/mol. The second-order valence-corrected chi connectivity index (χ2v) is 5.77. The summed E-state index contributed by atoms with van der Waals surface area (Å²) in [7, 11) is 0. The molecule has 1 aliphatic rings. The molecule has 2 rings (SSSR count).